The number of hydrogen-bond donors (Lipinski definition) is 1. The smallest absolute Gasteiger partial charge is 0.336 e. The van der Waals surface area contributed by atoms with E-state index in [4.69, 9.17) is 35.3 Å². The molecule has 9 heteroatoms. The van der Waals surface area contributed by atoms with Crippen LogP contribution in [0.3, 0.4) is 0 Å². The number of halogens is 1. The van der Waals surface area contributed by atoms with Crippen molar-refractivity contribution in [3.8, 4) is 17.2 Å². The lowest BCUT2D eigenvalue weighted by molar-refractivity contribution is -0.140. The fourth-order valence-electron chi connectivity index (χ4n) is 5.23. The monoisotopic (exact) mass is 541 g/mol. The molecule has 1 N–H and O–H groups in total. The van der Waals surface area contributed by atoms with Crippen LogP contribution in [0.25, 0.3) is 0 Å². The second-order valence-electron chi connectivity index (χ2n) is 9.13. The Morgan fingerprint density at radius 1 is 1.00 bits per heavy atom. The van der Waals surface area contributed by atoms with E-state index in [9.17, 15) is 9.59 Å². The van der Waals surface area contributed by atoms with Gasteiger partial charge in [0.2, 0.25) is 5.75 Å². The van der Waals surface area contributed by atoms with Gasteiger partial charge in [0.1, 0.15) is 6.61 Å². The number of Topliss-reactive ketones (excluding diaryl/α,β-unsaturated/α-hetero) is 1. The van der Waals surface area contributed by atoms with Gasteiger partial charge in [0.25, 0.3) is 0 Å². The molecule has 4 rings (SSSR count). The molecular weight excluding hydrogens is 510 g/mol. The number of carbonyl (C=O) groups excluding carboxylic acids is 2. The molecule has 0 fully saturated rings. The third-order valence-corrected chi connectivity index (χ3v) is 7.28. The van der Waals surface area contributed by atoms with Crippen LogP contribution >= 0.6 is 11.6 Å². The number of esters is 1. The zero-order valence-electron chi connectivity index (χ0n) is 22.2. The molecule has 2 aromatic rings. The average Bonchev–Trinajstić information content (AvgIpc) is 2.91. The molecule has 38 heavy (non-hydrogen) atoms. The van der Waals surface area contributed by atoms with Crippen LogP contribution in [0.15, 0.2) is 58.9 Å². The van der Waals surface area contributed by atoms with Crippen molar-refractivity contribution in [3.63, 3.8) is 0 Å². The Bertz CT molecular complexity index is 1270. The summed E-state index contributed by atoms with van der Waals surface area (Å²) in [4.78, 5) is 27.2. The Balaban J connectivity index is 1.86. The predicted octanol–water partition coefficient (Wildman–Crippen LogP) is 4.92. The maximum atomic E-state index is 13.9. The summed E-state index contributed by atoms with van der Waals surface area (Å²) in [5.74, 6) is -0.134. The first-order valence-electron chi connectivity index (χ1n) is 12.3. The Morgan fingerprint density at radius 3 is 2.29 bits per heavy atom. The van der Waals surface area contributed by atoms with Gasteiger partial charge in [0.15, 0.2) is 17.3 Å². The number of nitrogens with one attached hydrogen (secondary N) is 1. The van der Waals surface area contributed by atoms with E-state index in [0.29, 0.717) is 51.1 Å². The van der Waals surface area contributed by atoms with Crippen LogP contribution in [0.1, 0.15) is 42.7 Å². The van der Waals surface area contributed by atoms with Crippen molar-refractivity contribution >= 4 is 23.4 Å². The number of hydrogen-bond acceptors (Lipinski definition) is 8. The number of ketones is 1. The topological polar surface area (TPSA) is 92.3 Å². The molecule has 0 spiro atoms. The summed E-state index contributed by atoms with van der Waals surface area (Å²) in [7, 11) is 6.10. The Hall–Kier alpha value is -3.49. The summed E-state index contributed by atoms with van der Waals surface area (Å²) in [6, 6.07) is 11.1. The van der Waals surface area contributed by atoms with Crippen molar-refractivity contribution in [3.05, 3.63) is 75.1 Å². The van der Waals surface area contributed by atoms with Crippen LogP contribution in [0.4, 0.5) is 0 Å². The number of carbonyl (C=O) groups is 2. The van der Waals surface area contributed by atoms with Crippen LogP contribution in [0.2, 0.25) is 5.02 Å². The van der Waals surface area contributed by atoms with E-state index < -0.39 is 11.9 Å². The molecule has 0 radical (unpaired) electrons. The van der Waals surface area contributed by atoms with E-state index in [0.717, 1.165) is 11.3 Å². The fourth-order valence-corrected chi connectivity index (χ4v) is 5.52. The van der Waals surface area contributed by atoms with Crippen molar-refractivity contribution in [1.29, 1.82) is 0 Å². The lowest BCUT2D eigenvalue weighted by atomic mass is 9.71. The van der Waals surface area contributed by atoms with Crippen LogP contribution in [-0.2, 0) is 19.1 Å². The summed E-state index contributed by atoms with van der Waals surface area (Å²) in [5.41, 5.74) is 3.81. The second kappa shape index (κ2) is 11.9. The number of dihydropyridines is 1. The summed E-state index contributed by atoms with van der Waals surface area (Å²) < 4.78 is 27.2. The zero-order valence-corrected chi connectivity index (χ0v) is 22.9. The van der Waals surface area contributed by atoms with Gasteiger partial charge in [-0.3, -0.25) is 4.79 Å². The lowest BCUT2D eigenvalue weighted by Crippen LogP contribution is -2.36. The highest BCUT2D eigenvalue weighted by Gasteiger charge is 2.42. The maximum absolute atomic E-state index is 13.9. The quantitative estimate of drug-likeness (QED) is 0.353. The van der Waals surface area contributed by atoms with Gasteiger partial charge in [-0.1, -0.05) is 29.8 Å². The molecule has 0 saturated heterocycles. The van der Waals surface area contributed by atoms with Crippen molar-refractivity contribution in [2.24, 2.45) is 0 Å². The average molecular weight is 542 g/mol. The fraction of sp³-hybridized carbons (Fsp3) is 0.379. The van der Waals surface area contributed by atoms with Gasteiger partial charge in [-0.05, 0) is 48.6 Å². The van der Waals surface area contributed by atoms with Gasteiger partial charge in [-0.15, -0.1) is 0 Å². The second-order valence-corrected chi connectivity index (χ2v) is 9.53. The van der Waals surface area contributed by atoms with Crippen molar-refractivity contribution in [1.82, 2.24) is 5.32 Å². The minimum atomic E-state index is -0.699. The lowest BCUT2D eigenvalue weighted by Gasteiger charge is -2.37. The summed E-state index contributed by atoms with van der Waals surface area (Å²) in [6.07, 6.45) is 0.825. The molecule has 202 valence electrons. The van der Waals surface area contributed by atoms with Crippen LogP contribution < -0.4 is 19.5 Å². The van der Waals surface area contributed by atoms with Crippen LogP contribution in [0, 0.1) is 0 Å². The molecular formula is C29H32ClNO7. The van der Waals surface area contributed by atoms with Gasteiger partial charge in [0, 0.05) is 41.4 Å². The predicted molar refractivity (Wildman–Crippen MR) is 143 cm³/mol. The first-order valence-corrected chi connectivity index (χ1v) is 12.7. The molecule has 0 saturated carbocycles. The maximum Gasteiger partial charge on any atom is 0.336 e. The Labute approximate surface area is 227 Å². The minimum Gasteiger partial charge on any atom is -0.493 e. The number of methoxy groups -OCH3 is 4. The zero-order chi connectivity index (χ0) is 27.4. The van der Waals surface area contributed by atoms with Crippen molar-refractivity contribution in [2.45, 2.75) is 31.6 Å². The molecule has 2 aromatic carbocycles. The molecule has 8 nitrogen and oxygen atoms in total. The molecule has 2 aliphatic rings. The van der Waals surface area contributed by atoms with Gasteiger partial charge in [0.05, 0.1) is 33.5 Å². The largest absolute Gasteiger partial charge is 0.493 e. The summed E-state index contributed by atoms with van der Waals surface area (Å²) in [6.45, 7) is 2.15. The van der Waals surface area contributed by atoms with Crippen molar-refractivity contribution in [2.75, 3.05) is 41.7 Å². The Morgan fingerprint density at radius 2 is 1.68 bits per heavy atom. The molecule has 1 aliphatic carbocycles. The minimum absolute atomic E-state index is 0.0721. The number of benzene rings is 2. The highest BCUT2D eigenvalue weighted by atomic mass is 35.5. The van der Waals surface area contributed by atoms with E-state index >= 15 is 0 Å². The first kappa shape index (κ1) is 27.5. The van der Waals surface area contributed by atoms with Gasteiger partial charge in [-0.2, -0.15) is 0 Å². The standard InChI is InChI=1S/C29H32ClNO7/c1-16-25(29(33)38-11-10-34-2)26(18-14-23(35-3)28(37-5)24(15-18)36-4)27-21(31-16)12-17(13-22(27)32)19-8-6-7-9-20(19)30/h6-9,14-15,17,26,31H,10-13H2,1-5H3/t17-,26+/m1/s1. The Kier molecular flexibility index (Phi) is 8.64. The van der Waals surface area contributed by atoms with Crippen LogP contribution in [0.5, 0.6) is 17.2 Å². The molecule has 0 unspecified atom stereocenters. The highest BCUT2D eigenvalue weighted by molar-refractivity contribution is 6.31. The third kappa shape index (κ3) is 5.24. The number of allylic oxidation sites excluding steroid dienone is 3. The first-order chi connectivity index (χ1) is 18.3. The molecule has 0 aromatic heterocycles. The van der Waals surface area contributed by atoms with E-state index in [-0.39, 0.29) is 31.3 Å². The molecule has 0 bridgehead atoms. The third-order valence-electron chi connectivity index (χ3n) is 6.93. The normalized spacial score (nSPS) is 19.1. The summed E-state index contributed by atoms with van der Waals surface area (Å²) in [5, 5.41) is 3.97. The molecule has 1 aliphatic heterocycles. The van der Waals surface area contributed by atoms with E-state index in [1.165, 1.54) is 28.4 Å². The van der Waals surface area contributed by atoms with Gasteiger partial charge in [-0.25, -0.2) is 4.79 Å². The summed E-state index contributed by atoms with van der Waals surface area (Å²) >= 11 is 6.49. The van der Waals surface area contributed by atoms with E-state index in [1.54, 1.807) is 12.1 Å². The number of ether oxygens (including phenoxy) is 5. The van der Waals surface area contributed by atoms with Crippen molar-refractivity contribution < 1.29 is 33.3 Å². The van der Waals surface area contributed by atoms with Crippen LogP contribution in [-0.4, -0.2) is 53.4 Å². The highest BCUT2D eigenvalue weighted by Crippen LogP contribution is 2.49. The SMILES string of the molecule is COCCOC(=O)C1=C(C)NC2=C(C(=O)C[C@H](c3ccccc3Cl)C2)[C@H]1c1cc(OC)c(OC)c(OC)c1. The van der Waals surface area contributed by atoms with E-state index in [1.807, 2.05) is 31.2 Å². The molecule has 0 amide bonds. The molecule has 1 heterocycles. The van der Waals surface area contributed by atoms with Gasteiger partial charge < -0.3 is 29.0 Å². The molecule has 2 atom stereocenters. The van der Waals surface area contributed by atoms with E-state index in [2.05, 4.69) is 5.32 Å². The van der Waals surface area contributed by atoms with Gasteiger partial charge >= 0.3 is 5.97 Å². The number of rotatable bonds is 9.